The van der Waals surface area contributed by atoms with Gasteiger partial charge in [-0.15, -0.1) is 0 Å². The van der Waals surface area contributed by atoms with Crippen molar-refractivity contribution in [3.05, 3.63) is 48.4 Å². The molecule has 0 aliphatic rings. The predicted molar refractivity (Wildman–Crippen MR) is 78.3 cm³/mol. The molecule has 3 nitrogen and oxygen atoms in total. The zero-order valence-electron chi connectivity index (χ0n) is 10.9. The minimum absolute atomic E-state index is 0.985. The fourth-order valence-corrected chi connectivity index (χ4v) is 2.76. The molecule has 0 aliphatic heterocycles. The van der Waals surface area contributed by atoms with Gasteiger partial charge in [-0.2, -0.15) is 0 Å². The summed E-state index contributed by atoms with van der Waals surface area (Å²) >= 11 is 0. The zero-order valence-corrected chi connectivity index (χ0v) is 10.9. The predicted octanol–water partition coefficient (Wildman–Crippen LogP) is 3.58. The summed E-state index contributed by atoms with van der Waals surface area (Å²) in [4.78, 5) is 9.14. The van der Waals surface area contributed by atoms with E-state index >= 15 is 0 Å². The molecule has 3 heteroatoms. The Morgan fingerprint density at radius 3 is 2.58 bits per heavy atom. The monoisotopic (exact) mass is 247 g/mol. The summed E-state index contributed by atoms with van der Waals surface area (Å²) in [6, 6.07) is 12.8. The van der Waals surface area contributed by atoms with Crippen LogP contribution in [0.15, 0.2) is 42.7 Å². The molecule has 0 bridgehead atoms. The van der Waals surface area contributed by atoms with Crippen LogP contribution in [0.4, 0.5) is 0 Å². The molecule has 0 spiro atoms. The van der Waals surface area contributed by atoms with Crippen molar-refractivity contribution in [2.24, 2.45) is 7.05 Å². The number of benzene rings is 2. The lowest BCUT2D eigenvalue weighted by atomic mass is 10.1. The average molecular weight is 247 g/mol. The van der Waals surface area contributed by atoms with Crippen LogP contribution < -0.4 is 0 Å². The number of nitrogens with zero attached hydrogens (tertiary/aromatic N) is 3. The molecular formula is C16H13N3. The lowest BCUT2D eigenvalue weighted by Gasteiger charge is -2.06. The maximum absolute atomic E-state index is 4.69. The van der Waals surface area contributed by atoms with Crippen LogP contribution in [0.3, 0.4) is 0 Å². The normalized spacial score (nSPS) is 11.7. The average Bonchev–Trinajstić information content (AvgIpc) is 2.80. The third kappa shape index (κ3) is 1.38. The van der Waals surface area contributed by atoms with Crippen LogP contribution in [-0.2, 0) is 7.05 Å². The number of rotatable bonds is 0. The Labute approximate surface area is 110 Å². The standard InChI is InChI=1S/C16H13N3/c1-10-15-16(19(2)9-17-15)13-7-11-5-3-4-6-12(11)8-14(13)18-10/h3-9H,1-2H3. The smallest absolute Gasteiger partial charge is 0.110 e. The van der Waals surface area contributed by atoms with E-state index in [4.69, 9.17) is 4.98 Å². The SMILES string of the molecule is Cc1nc2cc3ccccc3cc2c2c1ncn2C. The van der Waals surface area contributed by atoms with E-state index in [1.165, 1.54) is 16.2 Å². The first-order chi connectivity index (χ1) is 9.24. The first-order valence-corrected chi connectivity index (χ1v) is 6.34. The van der Waals surface area contributed by atoms with E-state index < -0.39 is 0 Å². The highest BCUT2D eigenvalue weighted by Crippen LogP contribution is 2.28. The molecular weight excluding hydrogens is 234 g/mol. The van der Waals surface area contributed by atoms with Crippen LogP contribution in [0.25, 0.3) is 32.7 Å². The molecule has 0 amide bonds. The van der Waals surface area contributed by atoms with E-state index in [9.17, 15) is 0 Å². The number of hydrogen-bond donors (Lipinski definition) is 0. The summed E-state index contributed by atoms with van der Waals surface area (Å²) in [5.41, 5.74) is 4.17. The van der Waals surface area contributed by atoms with Crippen molar-refractivity contribution in [2.75, 3.05) is 0 Å². The van der Waals surface area contributed by atoms with Crippen molar-refractivity contribution in [1.29, 1.82) is 0 Å². The van der Waals surface area contributed by atoms with Crippen molar-refractivity contribution in [3.63, 3.8) is 0 Å². The van der Waals surface area contributed by atoms with Gasteiger partial charge in [0.1, 0.15) is 5.52 Å². The van der Waals surface area contributed by atoms with Gasteiger partial charge in [-0.25, -0.2) is 4.98 Å². The number of imidazole rings is 1. The minimum Gasteiger partial charge on any atom is -0.333 e. The van der Waals surface area contributed by atoms with Gasteiger partial charge in [0.05, 0.1) is 23.1 Å². The van der Waals surface area contributed by atoms with E-state index in [1.54, 1.807) is 0 Å². The second-order valence-corrected chi connectivity index (χ2v) is 4.97. The zero-order chi connectivity index (χ0) is 13.0. The number of pyridine rings is 1. The molecule has 0 atom stereocenters. The second kappa shape index (κ2) is 3.54. The summed E-state index contributed by atoms with van der Waals surface area (Å²) < 4.78 is 2.07. The van der Waals surface area contributed by atoms with Crippen LogP contribution in [0, 0.1) is 6.92 Å². The summed E-state index contributed by atoms with van der Waals surface area (Å²) in [5.74, 6) is 0. The molecule has 2 heterocycles. The number of fused-ring (bicyclic) bond motifs is 4. The van der Waals surface area contributed by atoms with Gasteiger partial charge in [0.25, 0.3) is 0 Å². The van der Waals surface area contributed by atoms with Gasteiger partial charge in [0.2, 0.25) is 0 Å². The second-order valence-electron chi connectivity index (χ2n) is 4.97. The minimum atomic E-state index is 0.985. The van der Waals surface area contributed by atoms with Crippen molar-refractivity contribution < 1.29 is 0 Å². The highest BCUT2D eigenvalue weighted by molar-refractivity contribution is 6.08. The topological polar surface area (TPSA) is 30.7 Å². The van der Waals surface area contributed by atoms with Crippen molar-refractivity contribution in [3.8, 4) is 0 Å². The van der Waals surface area contributed by atoms with Gasteiger partial charge in [-0.1, -0.05) is 24.3 Å². The Bertz CT molecular complexity index is 935. The van der Waals surface area contributed by atoms with Crippen molar-refractivity contribution in [1.82, 2.24) is 14.5 Å². The number of aromatic nitrogens is 3. The van der Waals surface area contributed by atoms with E-state index in [2.05, 4.69) is 45.9 Å². The molecule has 0 aliphatic carbocycles. The lowest BCUT2D eigenvalue weighted by molar-refractivity contribution is 0.951. The first kappa shape index (κ1) is 10.5. The third-order valence-electron chi connectivity index (χ3n) is 3.69. The van der Waals surface area contributed by atoms with Gasteiger partial charge >= 0.3 is 0 Å². The van der Waals surface area contributed by atoms with E-state index in [0.29, 0.717) is 0 Å². The molecule has 4 aromatic rings. The van der Waals surface area contributed by atoms with Crippen LogP contribution in [0.2, 0.25) is 0 Å². The molecule has 0 fully saturated rings. The molecule has 2 aromatic carbocycles. The fraction of sp³-hybridized carbons (Fsp3) is 0.125. The van der Waals surface area contributed by atoms with Crippen molar-refractivity contribution >= 4 is 32.7 Å². The Kier molecular flexibility index (Phi) is 1.96. The summed E-state index contributed by atoms with van der Waals surface area (Å²) in [7, 11) is 2.03. The fourth-order valence-electron chi connectivity index (χ4n) is 2.76. The molecule has 0 N–H and O–H groups in total. The first-order valence-electron chi connectivity index (χ1n) is 6.34. The van der Waals surface area contributed by atoms with Gasteiger partial charge in [0, 0.05) is 12.4 Å². The maximum atomic E-state index is 4.69. The van der Waals surface area contributed by atoms with E-state index in [0.717, 1.165) is 22.2 Å². The van der Waals surface area contributed by atoms with Gasteiger partial charge < -0.3 is 4.57 Å². The molecule has 2 aromatic heterocycles. The summed E-state index contributed by atoms with van der Waals surface area (Å²) in [6.45, 7) is 2.02. The van der Waals surface area contributed by atoms with Gasteiger partial charge in [0.15, 0.2) is 0 Å². The maximum Gasteiger partial charge on any atom is 0.110 e. The van der Waals surface area contributed by atoms with Crippen LogP contribution in [-0.4, -0.2) is 14.5 Å². The number of aryl methyl sites for hydroxylation is 2. The largest absolute Gasteiger partial charge is 0.333 e. The number of hydrogen-bond acceptors (Lipinski definition) is 2. The molecule has 92 valence electrons. The van der Waals surface area contributed by atoms with E-state index in [-0.39, 0.29) is 0 Å². The van der Waals surface area contributed by atoms with Crippen LogP contribution in [0.5, 0.6) is 0 Å². The summed E-state index contributed by atoms with van der Waals surface area (Å²) in [5, 5.41) is 3.63. The van der Waals surface area contributed by atoms with Gasteiger partial charge in [-0.3, -0.25) is 4.98 Å². The highest BCUT2D eigenvalue weighted by atomic mass is 15.0. The van der Waals surface area contributed by atoms with Gasteiger partial charge in [-0.05, 0) is 29.8 Å². The third-order valence-corrected chi connectivity index (χ3v) is 3.69. The van der Waals surface area contributed by atoms with E-state index in [1.807, 2.05) is 20.3 Å². The van der Waals surface area contributed by atoms with Crippen molar-refractivity contribution in [2.45, 2.75) is 6.92 Å². The Hall–Kier alpha value is -2.42. The Morgan fingerprint density at radius 1 is 1.05 bits per heavy atom. The molecule has 0 saturated heterocycles. The quantitative estimate of drug-likeness (QED) is 0.445. The summed E-state index contributed by atoms with van der Waals surface area (Å²) in [6.07, 6.45) is 1.86. The molecule has 0 unspecified atom stereocenters. The Balaban J connectivity index is 2.31. The molecule has 0 radical (unpaired) electrons. The van der Waals surface area contributed by atoms with Crippen LogP contribution >= 0.6 is 0 Å². The molecule has 0 saturated carbocycles. The highest BCUT2D eigenvalue weighted by Gasteiger charge is 2.10. The molecule has 4 rings (SSSR count). The van der Waals surface area contributed by atoms with Crippen LogP contribution in [0.1, 0.15) is 5.69 Å². The Morgan fingerprint density at radius 2 is 1.79 bits per heavy atom. The molecule has 19 heavy (non-hydrogen) atoms. The lowest BCUT2D eigenvalue weighted by Crippen LogP contribution is -1.91.